The van der Waals surface area contributed by atoms with Crippen LogP contribution in [0.4, 0.5) is 0 Å². The van der Waals surface area contributed by atoms with Crippen molar-refractivity contribution in [3.63, 3.8) is 0 Å². The van der Waals surface area contributed by atoms with E-state index in [9.17, 15) is 4.79 Å². The van der Waals surface area contributed by atoms with Crippen molar-refractivity contribution in [1.82, 2.24) is 20.1 Å². The van der Waals surface area contributed by atoms with E-state index in [1.807, 2.05) is 30.0 Å². The number of carbonyl (C=O) groups is 1. The average molecular weight is 292 g/mol. The van der Waals surface area contributed by atoms with E-state index in [1.165, 1.54) is 0 Å². The predicted molar refractivity (Wildman–Crippen MR) is 80.0 cm³/mol. The molecule has 2 aromatic rings. The number of nitrogens with one attached hydrogen (secondary N) is 1. The number of rotatable bonds is 3. The van der Waals surface area contributed by atoms with E-state index in [0.717, 1.165) is 16.4 Å². The molecule has 0 atom stereocenters. The number of hydrogen-bond acceptors (Lipinski definition) is 4. The first kappa shape index (κ1) is 14.7. The summed E-state index contributed by atoms with van der Waals surface area (Å²) in [5.41, 5.74) is 2.28. The Kier molecular flexibility index (Phi) is 3.94. The zero-order valence-corrected chi connectivity index (χ0v) is 13.3. The van der Waals surface area contributed by atoms with Crippen molar-refractivity contribution in [3.05, 3.63) is 33.5 Å². The second kappa shape index (κ2) is 5.36. The van der Waals surface area contributed by atoms with Crippen LogP contribution in [0.2, 0.25) is 0 Å². The molecule has 108 valence electrons. The molecule has 0 aliphatic rings. The minimum atomic E-state index is -0.163. The van der Waals surface area contributed by atoms with E-state index in [0.29, 0.717) is 12.2 Å². The minimum absolute atomic E-state index is 0.130. The van der Waals surface area contributed by atoms with Crippen LogP contribution in [-0.2, 0) is 12.1 Å². The molecular weight excluding hydrogens is 272 g/mol. The van der Waals surface area contributed by atoms with Gasteiger partial charge in [-0.2, -0.15) is 5.10 Å². The van der Waals surface area contributed by atoms with Crippen molar-refractivity contribution in [1.29, 1.82) is 0 Å². The Morgan fingerprint density at radius 3 is 2.60 bits per heavy atom. The van der Waals surface area contributed by atoms with E-state index in [4.69, 9.17) is 0 Å². The lowest BCUT2D eigenvalue weighted by molar-refractivity contribution is 0.0944. The van der Waals surface area contributed by atoms with Gasteiger partial charge in [0, 0.05) is 16.8 Å². The number of aryl methyl sites for hydroxylation is 2. The lowest BCUT2D eigenvalue weighted by Gasteiger charge is -2.21. The third-order valence-corrected chi connectivity index (χ3v) is 3.79. The monoisotopic (exact) mass is 292 g/mol. The van der Waals surface area contributed by atoms with Gasteiger partial charge in [-0.25, -0.2) is 4.98 Å². The van der Waals surface area contributed by atoms with Crippen molar-refractivity contribution in [2.24, 2.45) is 0 Å². The van der Waals surface area contributed by atoms with Gasteiger partial charge in [-0.15, -0.1) is 11.3 Å². The van der Waals surface area contributed by atoms with Gasteiger partial charge in [-0.1, -0.05) is 0 Å². The SMILES string of the molecule is Cc1csc(CNC(=O)c2cc(C)n(C(C)(C)C)n2)n1. The highest BCUT2D eigenvalue weighted by Gasteiger charge is 2.20. The molecule has 0 unspecified atom stereocenters. The van der Waals surface area contributed by atoms with Crippen molar-refractivity contribution in [3.8, 4) is 0 Å². The fourth-order valence-corrected chi connectivity index (χ4v) is 2.71. The Bertz CT molecular complexity index is 621. The summed E-state index contributed by atoms with van der Waals surface area (Å²) in [4.78, 5) is 16.4. The number of thiazole rings is 1. The van der Waals surface area contributed by atoms with Gasteiger partial charge in [0.2, 0.25) is 0 Å². The van der Waals surface area contributed by atoms with Crippen LogP contribution < -0.4 is 5.32 Å². The summed E-state index contributed by atoms with van der Waals surface area (Å²) in [5, 5.41) is 10.1. The number of hydrogen-bond donors (Lipinski definition) is 1. The van der Waals surface area contributed by atoms with Crippen molar-refractivity contribution < 1.29 is 4.79 Å². The smallest absolute Gasteiger partial charge is 0.272 e. The second-order valence-electron chi connectivity index (χ2n) is 5.82. The molecule has 2 aromatic heterocycles. The molecule has 5 nitrogen and oxygen atoms in total. The van der Waals surface area contributed by atoms with Gasteiger partial charge < -0.3 is 5.32 Å². The summed E-state index contributed by atoms with van der Waals surface area (Å²) in [5.74, 6) is -0.163. The number of aromatic nitrogens is 3. The van der Waals surface area contributed by atoms with Crippen LogP contribution in [0, 0.1) is 13.8 Å². The number of amides is 1. The fraction of sp³-hybridized carbons (Fsp3) is 0.500. The number of nitrogens with zero attached hydrogens (tertiary/aromatic N) is 3. The quantitative estimate of drug-likeness (QED) is 0.946. The molecule has 0 saturated heterocycles. The maximum atomic E-state index is 12.1. The topological polar surface area (TPSA) is 59.8 Å². The molecule has 0 aromatic carbocycles. The summed E-state index contributed by atoms with van der Waals surface area (Å²) in [6, 6.07) is 1.81. The Balaban J connectivity index is 2.06. The Morgan fingerprint density at radius 2 is 2.10 bits per heavy atom. The van der Waals surface area contributed by atoms with Crippen LogP contribution >= 0.6 is 11.3 Å². The van der Waals surface area contributed by atoms with Crippen LogP contribution in [0.3, 0.4) is 0 Å². The molecule has 0 saturated carbocycles. The number of carbonyl (C=O) groups excluding carboxylic acids is 1. The highest BCUT2D eigenvalue weighted by Crippen LogP contribution is 2.17. The minimum Gasteiger partial charge on any atom is -0.344 e. The van der Waals surface area contributed by atoms with Crippen LogP contribution in [0.5, 0.6) is 0 Å². The second-order valence-corrected chi connectivity index (χ2v) is 6.76. The van der Waals surface area contributed by atoms with E-state index < -0.39 is 0 Å². The molecule has 0 fully saturated rings. The summed E-state index contributed by atoms with van der Waals surface area (Å²) >= 11 is 1.55. The summed E-state index contributed by atoms with van der Waals surface area (Å²) in [6.45, 7) is 10.5. The molecule has 1 N–H and O–H groups in total. The van der Waals surface area contributed by atoms with Crippen LogP contribution in [0.15, 0.2) is 11.4 Å². The maximum absolute atomic E-state index is 12.1. The molecule has 0 bridgehead atoms. The van der Waals surface area contributed by atoms with Gasteiger partial charge in [0.15, 0.2) is 0 Å². The van der Waals surface area contributed by atoms with Gasteiger partial charge in [0.25, 0.3) is 5.91 Å². The molecule has 6 heteroatoms. The summed E-state index contributed by atoms with van der Waals surface area (Å²) < 4.78 is 1.87. The first-order chi connectivity index (χ1) is 9.27. The molecule has 2 heterocycles. The Labute approximate surface area is 123 Å². The van der Waals surface area contributed by atoms with E-state index in [1.54, 1.807) is 11.3 Å². The van der Waals surface area contributed by atoms with Crippen molar-refractivity contribution in [2.75, 3.05) is 0 Å². The molecule has 0 radical (unpaired) electrons. The van der Waals surface area contributed by atoms with Gasteiger partial charge >= 0.3 is 0 Å². The highest BCUT2D eigenvalue weighted by molar-refractivity contribution is 7.09. The molecule has 2 rings (SSSR count). The first-order valence-corrected chi connectivity index (χ1v) is 7.41. The molecular formula is C14H20N4OS. The Hall–Kier alpha value is -1.69. The van der Waals surface area contributed by atoms with Gasteiger partial charge in [-0.3, -0.25) is 9.48 Å². The summed E-state index contributed by atoms with van der Waals surface area (Å²) in [6.07, 6.45) is 0. The maximum Gasteiger partial charge on any atom is 0.272 e. The lowest BCUT2D eigenvalue weighted by atomic mass is 10.1. The Morgan fingerprint density at radius 1 is 1.40 bits per heavy atom. The molecule has 0 aliphatic carbocycles. The van der Waals surface area contributed by atoms with Gasteiger partial charge in [0.1, 0.15) is 10.7 Å². The van der Waals surface area contributed by atoms with Crippen molar-refractivity contribution in [2.45, 2.75) is 46.7 Å². The first-order valence-electron chi connectivity index (χ1n) is 6.54. The summed E-state index contributed by atoms with van der Waals surface area (Å²) in [7, 11) is 0. The van der Waals surface area contributed by atoms with Crippen LogP contribution in [0.1, 0.15) is 47.7 Å². The van der Waals surface area contributed by atoms with E-state index >= 15 is 0 Å². The lowest BCUT2D eigenvalue weighted by Crippen LogP contribution is -2.26. The predicted octanol–water partition coefficient (Wildman–Crippen LogP) is 2.64. The van der Waals surface area contributed by atoms with Crippen molar-refractivity contribution >= 4 is 17.2 Å². The normalized spacial score (nSPS) is 11.7. The molecule has 0 spiro atoms. The zero-order chi connectivity index (χ0) is 14.9. The zero-order valence-electron chi connectivity index (χ0n) is 12.5. The fourth-order valence-electron chi connectivity index (χ4n) is 1.99. The average Bonchev–Trinajstić information content (AvgIpc) is 2.91. The van der Waals surface area contributed by atoms with Crippen LogP contribution in [0.25, 0.3) is 0 Å². The highest BCUT2D eigenvalue weighted by atomic mass is 32.1. The largest absolute Gasteiger partial charge is 0.344 e. The third-order valence-electron chi connectivity index (χ3n) is 2.82. The van der Waals surface area contributed by atoms with E-state index in [2.05, 4.69) is 36.2 Å². The molecule has 20 heavy (non-hydrogen) atoms. The molecule has 0 aliphatic heterocycles. The van der Waals surface area contributed by atoms with Crippen LogP contribution in [-0.4, -0.2) is 20.7 Å². The molecule has 1 amide bonds. The standard InChI is InChI=1S/C14H20N4OS/c1-9-8-20-12(16-9)7-15-13(19)11-6-10(2)18(17-11)14(3,4)5/h6,8H,7H2,1-5H3,(H,15,19). The van der Waals surface area contributed by atoms with Gasteiger partial charge in [-0.05, 0) is 40.7 Å². The third kappa shape index (κ3) is 3.25. The van der Waals surface area contributed by atoms with Gasteiger partial charge in [0.05, 0.1) is 12.1 Å². The van der Waals surface area contributed by atoms with E-state index in [-0.39, 0.29) is 11.4 Å².